The summed E-state index contributed by atoms with van der Waals surface area (Å²) in [5.74, 6) is 0. The molecule has 1 aliphatic rings. The van der Waals surface area contributed by atoms with E-state index in [1.807, 2.05) is 38.4 Å². The summed E-state index contributed by atoms with van der Waals surface area (Å²) in [6, 6.07) is 11.9. The molecule has 2 aromatic rings. The number of halogens is 4. The SMILES string of the molecule is CN(C)CC/C=C1/c2ccccc2Sc2ccc(C(F)(F)F)cc21.Cl. The lowest BCUT2D eigenvalue weighted by Crippen LogP contribution is -2.12. The molecule has 0 aliphatic carbocycles. The summed E-state index contributed by atoms with van der Waals surface area (Å²) in [5.41, 5.74) is 1.98. The molecule has 2 aromatic carbocycles. The largest absolute Gasteiger partial charge is 0.416 e. The first kappa shape index (κ1) is 19.9. The topological polar surface area (TPSA) is 3.24 Å². The summed E-state index contributed by atoms with van der Waals surface area (Å²) in [5, 5.41) is 0. The summed E-state index contributed by atoms with van der Waals surface area (Å²) in [4.78, 5) is 4.02. The van der Waals surface area contributed by atoms with E-state index in [4.69, 9.17) is 0 Å². The fourth-order valence-corrected chi connectivity index (χ4v) is 3.82. The van der Waals surface area contributed by atoms with E-state index in [0.29, 0.717) is 5.56 Å². The minimum absolute atomic E-state index is 0. The molecule has 0 spiro atoms. The Bertz CT molecular complexity index is 784. The number of benzene rings is 2. The molecule has 0 aromatic heterocycles. The summed E-state index contributed by atoms with van der Waals surface area (Å²) >= 11 is 1.53. The Morgan fingerprint density at radius 3 is 2.36 bits per heavy atom. The molecular formula is C19H19ClF3NS. The van der Waals surface area contributed by atoms with Crippen molar-refractivity contribution in [3.63, 3.8) is 0 Å². The number of rotatable bonds is 3. The predicted molar refractivity (Wildman–Crippen MR) is 99.5 cm³/mol. The molecule has 6 heteroatoms. The van der Waals surface area contributed by atoms with Gasteiger partial charge in [-0.2, -0.15) is 13.2 Å². The summed E-state index contributed by atoms with van der Waals surface area (Å²) < 4.78 is 39.3. The van der Waals surface area contributed by atoms with Crippen molar-refractivity contribution >= 4 is 29.7 Å². The van der Waals surface area contributed by atoms with Gasteiger partial charge in [0.2, 0.25) is 0 Å². The monoisotopic (exact) mass is 385 g/mol. The highest BCUT2D eigenvalue weighted by atomic mass is 35.5. The molecule has 0 amide bonds. The van der Waals surface area contributed by atoms with Gasteiger partial charge >= 0.3 is 6.18 Å². The normalized spacial score (nSPS) is 14.9. The Balaban J connectivity index is 0.00000225. The Morgan fingerprint density at radius 2 is 1.68 bits per heavy atom. The van der Waals surface area contributed by atoms with Crippen molar-refractivity contribution in [3.8, 4) is 0 Å². The molecule has 1 heterocycles. The first-order valence-electron chi connectivity index (χ1n) is 7.70. The standard InChI is InChI=1S/C19H18F3NS.ClH/c1-23(2)11-5-7-14-15-6-3-4-8-17(15)24-18-10-9-13(12-16(14)18)19(20,21)22;/h3-4,6-10,12H,5,11H2,1-2H3;1H/b14-7-;. The molecule has 134 valence electrons. The quantitative estimate of drug-likeness (QED) is 0.546. The molecule has 0 atom stereocenters. The van der Waals surface area contributed by atoms with Gasteiger partial charge in [-0.15, -0.1) is 12.4 Å². The van der Waals surface area contributed by atoms with Crippen LogP contribution in [-0.4, -0.2) is 25.5 Å². The second-order valence-corrected chi connectivity index (χ2v) is 7.10. The van der Waals surface area contributed by atoms with Gasteiger partial charge < -0.3 is 4.90 Å². The van der Waals surface area contributed by atoms with Crippen LogP contribution >= 0.6 is 24.2 Å². The second-order valence-electron chi connectivity index (χ2n) is 6.02. The second kappa shape index (κ2) is 7.85. The van der Waals surface area contributed by atoms with Crippen LogP contribution in [0.3, 0.4) is 0 Å². The Morgan fingerprint density at radius 1 is 1.00 bits per heavy atom. The highest BCUT2D eigenvalue weighted by molar-refractivity contribution is 7.99. The average Bonchev–Trinajstić information content (AvgIpc) is 2.52. The molecule has 0 N–H and O–H groups in total. The fraction of sp³-hybridized carbons (Fsp3) is 0.263. The van der Waals surface area contributed by atoms with Crippen LogP contribution in [0.15, 0.2) is 58.3 Å². The summed E-state index contributed by atoms with van der Waals surface area (Å²) in [7, 11) is 3.97. The van der Waals surface area contributed by atoms with Gasteiger partial charge in [0.25, 0.3) is 0 Å². The Labute approximate surface area is 156 Å². The van der Waals surface area contributed by atoms with Crippen molar-refractivity contribution in [2.75, 3.05) is 20.6 Å². The van der Waals surface area contributed by atoms with E-state index in [1.165, 1.54) is 17.8 Å². The molecular weight excluding hydrogens is 367 g/mol. The highest BCUT2D eigenvalue weighted by Crippen LogP contribution is 2.46. The molecule has 3 rings (SSSR count). The van der Waals surface area contributed by atoms with Crippen molar-refractivity contribution in [2.24, 2.45) is 0 Å². The van der Waals surface area contributed by atoms with Crippen LogP contribution in [0, 0.1) is 0 Å². The van der Waals surface area contributed by atoms with Crippen molar-refractivity contribution in [2.45, 2.75) is 22.4 Å². The molecule has 0 unspecified atom stereocenters. The number of nitrogens with zero attached hydrogens (tertiary/aromatic N) is 1. The van der Waals surface area contributed by atoms with Crippen molar-refractivity contribution < 1.29 is 13.2 Å². The third kappa shape index (κ3) is 4.40. The van der Waals surface area contributed by atoms with Crippen molar-refractivity contribution in [1.29, 1.82) is 0 Å². The summed E-state index contributed by atoms with van der Waals surface area (Å²) in [6.45, 7) is 0.854. The lowest BCUT2D eigenvalue weighted by molar-refractivity contribution is -0.137. The third-order valence-electron chi connectivity index (χ3n) is 3.92. The fourth-order valence-electron chi connectivity index (χ4n) is 2.73. The van der Waals surface area contributed by atoms with Crippen LogP contribution in [-0.2, 0) is 6.18 Å². The van der Waals surface area contributed by atoms with Gasteiger partial charge in [0, 0.05) is 16.3 Å². The number of hydrogen-bond donors (Lipinski definition) is 0. The molecule has 0 radical (unpaired) electrons. The minimum atomic E-state index is -4.33. The first-order chi connectivity index (χ1) is 11.4. The maximum absolute atomic E-state index is 13.1. The lowest BCUT2D eigenvalue weighted by atomic mass is 9.94. The maximum Gasteiger partial charge on any atom is 0.416 e. The lowest BCUT2D eigenvalue weighted by Gasteiger charge is -2.23. The molecule has 0 saturated heterocycles. The number of fused-ring (bicyclic) bond motifs is 2. The van der Waals surface area contributed by atoms with E-state index in [9.17, 15) is 13.2 Å². The van der Waals surface area contributed by atoms with Crippen LogP contribution in [0.2, 0.25) is 0 Å². The first-order valence-corrected chi connectivity index (χ1v) is 8.51. The number of hydrogen-bond acceptors (Lipinski definition) is 2. The molecule has 25 heavy (non-hydrogen) atoms. The average molecular weight is 386 g/mol. The smallest absolute Gasteiger partial charge is 0.309 e. The highest BCUT2D eigenvalue weighted by Gasteiger charge is 2.32. The van der Waals surface area contributed by atoms with Crippen LogP contribution in [0.5, 0.6) is 0 Å². The molecule has 0 bridgehead atoms. The van der Waals surface area contributed by atoms with Gasteiger partial charge in [-0.1, -0.05) is 36.0 Å². The van der Waals surface area contributed by atoms with Gasteiger partial charge in [0.05, 0.1) is 5.56 Å². The molecule has 0 saturated carbocycles. The van der Waals surface area contributed by atoms with Gasteiger partial charge in [0.1, 0.15) is 0 Å². The van der Waals surface area contributed by atoms with E-state index in [0.717, 1.165) is 40.0 Å². The van der Waals surface area contributed by atoms with Crippen LogP contribution in [0.25, 0.3) is 5.57 Å². The van der Waals surface area contributed by atoms with Gasteiger partial charge in [-0.05, 0) is 61.5 Å². The van der Waals surface area contributed by atoms with E-state index in [2.05, 4.69) is 11.0 Å². The molecule has 0 fully saturated rings. The minimum Gasteiger partial charge on any atom is -0.309 e. The van der Waals surface area contributed by atoms with E-state index < -0.39 is 11.7 Å². The zero-order valence-electron chi connectivity index (χ0n) is 13.9. The zero-order valence-corrected chi connectivity index (χ0v) is 15.6. The van der Waals surface area contributed by atoms with Crippen LogP contribution in [0.1, 0.15) is 23.1 Å². The number of alkyl halides is 3. The Hall–Kier alpha value is -1.43. The van der Waals surface area contributed by atoms with E-state index in [-0.39, 0.29) is 12.4 Å². The Kier molecular flexibility index (Phi) is 6.25. The van der Waals surface area contributed by atoms with E-state index >= 15 is 0 Å². The van der Waals surface area contributed by atoms with Crippen LogP contribution in [0.4, 0.5) is 13.2 Å². The zero-order chi connectivity index (χ0) is 17.3. The molecule has 1 nitrogen and oxygen atoms in total. The van der Waals surface area contributed by atoms with E-state index in [1.54, 1.807) is 6.07 Å². The van der Waals surface area contributed by atoms with Gasteiger partial charge in [0.15, 0.2) is 0 Å². The molecule has 1 aliphatic heterocycles. The third-order valence-corrected chi connectivity index (χ3v) is 5.07. The maximum atomic E-state index is 13.1. The summed E-state index contributed by atoms with van der Waals surface area (Å²) in [6.07, 6.45) is -1.49. The van der Waals surface area contributed by atoms with Crippen LogP contribution < -0.4 is 0 Å². The van der Waals surface area contributed by atoms with Crippen molar-refractivity contribution in [3.05, 3.63) is 65.2 Å². The van der Waals surface area contributed by atoms with Gasteiger partial charge in [-0.25, -0.2) is 0 Å². The van der Waals surface area contributed by atoms with Gasteiger partial charge in [-0.3, -0.25) is 0 Å². The van der Waals surface area contributed by atoms with Crippen molar-refractivity contribution in [1.82, 2.24) is 4.90 Å². The predicted octanol–water partition coefficient (Wildman–Crippen LogP) is 5.98.